The van der Waals surface area contributed by atoms with Gasteiger partial charge in [-0.3, -0.25) is 4.79 Å². The summed E-state index contributed by atoms with van der Waals surface area (Å²) in [5.41, 5.74) is 0.966. The number of amides is 1. The minimum absolute atomic E-state index is 0.149. The maximum absolute atomic E-state index is 12.1. The fraction of sp³-hybridized carbons (Fsp3) is 0.412. The summed E-state index contributed by atoms with van der Waals surface area (Å²) in [6, 6.07) is 7.25. The predicted molar refractivity (Wildman–Crippen MR) is 91.1 cm³/mol. The first-order valence-corrected chi connectivity index (χ1v) is 8.41. The van der Waals surface area contributed by atoms with Crippen molar-refractivity contribution in [3.8, 4) is 11.5 Å². The third kappa shape index (κ3) is 4.96. The molecule has 0 fully saturated rings. The third-order valence-electron chi connectivity index (χ3n) is 3.24. The van der Waals surface area contributed by atoms with Crippen LogP contribution < -0.4 is 14.8 Å². The van der Waals surface area contributed by atoms with E-state index >= 15 is 0 Å². The molecule has 0 saturated carbocycles. The lowest BCUT2D eigenvalue weighted by molar-refractivity contribution is -0.127. The van der Waals surface area contributed by atoms with Crippen LogP contribution in [0.3, 0.4) is 0 Å². The van der Waals surface area contributed by atoms with Crippen LogP contribution in [0.25, 0.3) is 0 Å². The Morgan fingerprint density at radius 2 is 1.91 bits per heavy atom. The molecule has 1 amide bonds. The lowest BCUT2D eigenvalue weighted by Gasteiger charge is -2.15. The van der Waals surface area contributed by atoms with Crippen molar-refractivity contribution in [1.82, 2.24) is 10.3 Å². The number of aromatic nitrogens is 1. The molecule has 2 rings (SSSR count). The second-order valence-electron chi connectivity index (χ2n) is 5.12. The lowest BCUT2D eigenvalue weighted by atomic mass is 10.3. The number of carbonyl (C=O) groups is 1. The van der Waals surface area contributed by atoms with Crippen LogP contribution in [0.1, 0.15) is 29.4 Å². The molecule has 5 nitrogen and oxygen atoms in total. The highest BCUT2D eigenvalue weighted by Gasteiger charge is 2.15. The molecule has 1 N–H and O–H groups in total. The molecule has 1 unspecified atom stereocenters. The molecule has 1 aromatic heterocycles. The Balaban J connectivity index is 1.85. The van der Waals surface area contributed by atoms with Crippen LogP contribution >= 0.6 is 11.3 Å². The number of rotatable bonds is 7. The molecule has 0 radical (unpaired) electrons. The van der Waals surface area contributed by atoms with Gasteiger partial charge in [0.25, 0.3) is 5.91 Å². The summed E-state index contributed by atoms with van der Waals surface area (Å²) in [7, 11) is 0. The van der Waals surface area contributed by atoms with Gasteiger partial charge < -0.3 is 14.8 Å². The van der Waals surface area contributed by atoms with E-state index < -0.39 is 6.10 Å². The number of hydrogen-bond donors (Lipinski definition) is 1. The predicted octanol–water partition coefficient (Wildman–Crippen LogP) is 3.24. The van der Waals surface area contributed by atoms with Crippen molar-refractivity contribution in [1.29, 1.82) is 0 Å². The first kappa shape index (κ1) is 17.3. The van der Waals surface area contributed by atoms with Crippen LogP contribution in [0.5, 0.6) is 11.5 Å². The number of benzene rings is 1. The molecule has 0 spiro atoms. The van der Waals surface area contributed by atoms with Crippen molar-refractivity contribution < 1.29 is 14.3 Å². The van der Waals surface area contributed by atoms with Crippen LogP contribution in [0, 0.1) is 13.8 Å². The Morgan fingerprint density at radius 3 is 2.48 bits per heavy atom. The first-order chi connectivity index (χ1) is 11.0. The van der Waals surface area contributed by atoms with Crippen molar-refractivity contribution in [2.24, 2.45) is 0 Å². The second-order valence-corrected chi connectivity index (χ2v) is 6.41. The Morgan fingerprint density at radius 1 is 1.26 bits per heavy atom. The molecule has 0 aliphatic rings. The van der Waals surface area contributed by atoms with E-state index in [2.05, 4.69) is 10.3 Å². The minimum atomic E-state index is -0.567. The van der Waals surface area contributed by atoms with E-state index in [9.17, 15) is 4.79 Å². The van der Waals surface area contributed by atoms with Gasteiger partial charge in [0.15, 0.2) is 6.10 Å². The third-order valence-corrected chi connectivity index (χ3v) is 4.31. The lowest BCUT2D eigenvalue weighted by Crippen LogP contribution is -2.35. The summed E-state index contributed by atoms with van der Waals surface area (Å²) in [6.07, 6.45) is -0.567. The number of nitrogens with one attached hydrogen (secondary N) is 1. The van der Waals surface area contributed by atoms with E-state index in [1.54, 1.807) is 30.4 Å². The number of hydrogen-bond acceptors (Lipinski definition) is 5. The van der Waals surface area contributed by atoms with Gasteiger partial charge in [0.1, 0.15) is 11.5 Å². The monoisotopic (exact) mass is 334 g/mol. The maximum Gasteiger partial charge on any atom is 0.261 e. The standard InChI is InChI=1S/C17H22N2O3S/c1-5-21-14-6-8-15(9-7-14)22-12(3)17(20)18-10-16-11(2)19-13(4)23-16/h6-9,12H,5,10H2,1-4H3,(H,18,20). The van der Waals surface area contributed by atoms with E-state index in [0.717, 1.165) is 21.3 Å². The molecule has 0 bridgehead atoms. The van der Waals surface area contributed by atoms with Crippen molar-refractivity contribution in [2.75, 3.05) is 6.61 Å². The van der Waals surface area contributed by atoms with Crippen molar-refractivity contribution >= 4 is 17.2 Å². The van der Waals surface area contributed by atoms with Gasteiger partial charge in [-0.05, 0) is 52.0 Å². The van der Waals surface area contributed by atoms with Gasteiger partial charge in [-0.15, -0.1) is 11.3 Å². The molecule has 0 aliphatic heterocycles. The summed E-state index contributed by atoms with van der Waals surface area (Å²) in [5, 5.41) is 3.89. The highest BCUT2D eigenvalue weighted by Crippen LogP contribution is 2.19. The molecule has 23 heavy (non-hydrogen) atoms. The quantitative estimate of drug-likeness (QED) is 0.844. The number of ether oxygens (including phenoxy) is 2. The molecular formula is C17H22N2O3S. The largest absolute Gasteiger partial charge is 0.494 e. The van der Waals surface area contributed by atoms with Gasteiger partial charge >= 0.3 is 0 Å². The van der Waals surface area contributed by atoms with Gasteiger partial charge in [-0.1, -0.05) is 0 Å². The van der Waals surface area contributed by atoms with E-state index in [0.29, 0.717) is 18.9 Å². The van der Waals surface area contributed by atoms with Crippen molar-refractivity contribution in [3.63, 3.8) is 0 Å². The Bertz CT molecular complexity index is 652. The highest BCUT2D eigenvalue weighted by molar-refractivity contribution is 7.11. The molecule has 0 saturated heterocycles. The first-order valence-electron chi connectivity index (χ1n) is 7.59. The average molecular weight is 334 g/mol. The molecule has 2 aromatic rings. The second kappa shape index (κ2) is 7.97. The summed E-state index contributed by atoms with van der Waals surface area (Å²) < 4.78 is 11.0. The molecule has 0 aliphatic carbocycles. The van der Waals surface area contributed by atoms with E-state index in [4.69, 9.17) is 9.47 Å². The fourth-order valence-electron chi connectivity index (χ4n) is 2.09. The summed E-state index contributed by atoms with van der Waals surface area (Å²) in [6.45, 7) is 8.67. The SMILES string of the molecule is CCOc1ccc(OC(C)C(=O)NCc2sc(C)nc2C)cc1. The molecular weight excluding hydrogens is 312 g/mol. The molecule has 124 valence electrons. The number of thiazole rings is 1. The summed E-state index contributed by atoms with van der Waals surface area (Å²) >= 11 is 1.60. The number of carbonyl (C=O) groups excluding carboxylic acids is 1. The Hall–Kier alpha value is -2.08. The van der Waals surface area contributed by atoms with Gasteiger partial charge in [0.05, 0.1) is 23.9 Å². The molecule has 1 atom stereocenters. The molecule has 6 heteroatoms. The zero-order valence-electron chi connectivity index (χ0n) is 13.9. The fourth-order valence-corrected chi connectivity index (χ4v) is 2.96. The highest BCUT2D eigenvalue weighted by atomic mass is 32.1. The number of aryl methyl sites for hydroxylation is 2. The minimum Gasteiger partial charge on any atom is -0.494 e. The van der Waals surface area contributed by atoms with Crippen LogP contribution in [-0.4, -0.2) is 23.6 Å². The number of nitrogens with zero attached hydrogens (tertiary/aromatic N) is 1. The topological polar surface area (TPSA) is 60.5 Å². The zero-order valence-corrected chi connectivity index (χ0v) is 14.7. The van der Waals surface area contributed by atoms with Crippen LogP contribution in [0.15, 0.2) is 24.3 Å². The molecule has 1 heterocycles. The normalized spacial score (nSPS) is 11.8. The maximum atomic E-state index is 12.1. The van der Waals surface area contributed by atoms with Crippen molar-refractivity contribution in [3.05, 3.63) is 39.8 Å². The van der Waals surface area contributed by atoms with Gasteiger partial charge in [-0.25, -0.2) is 4.98 Å². The van der Waals surface area contributed by atoms with Crippen LogP contribution in [-0.2, 0) is 11.3 Å². The Kier molecular flexibility index (Phi) is 5.98. The van der Waals surface area contributed by atoms with Crippen molar-refractivity contribution in [2.45, 2.75) is 40.3 Å². The zero-order chi connectivity index (χ0) is 16.8. The van der Waals surface area contributed by atoms with Crippen LogP contribution in [0.4, 0.5) is 0 Å². The van der Waals surface area contributed by atoms with Crippen LogP contribution in [0.2, 0.25) is 0 Å². The smallest absolute Gasteiger partial charge is 0.261 e. The van der Waals surface area contributed by atoms with Gasteiger partial charge in [-0.2, -0.15) is 0 Å². The summed E-state index contributed by atoms with van der Waals surface area (Å²) in [5.74, 6) is 1.28. The molecule has 1 aromatic carbocycles. The van der Waals surface area contributed by atoms with Gasteiger partial charge in [0.2, 0.25) is 0 Å². The summed E-state index contributed by atoms with van der Waals surface area (Å²) in [4.78, 5) is 17.6. The van der Waals surface area contributed by atoms with Gasteiger partial charge in [0, 0.05) is 4.88 Å². The van der Waals surface area contributed by atoms with E-state index in [-0.39, 0.29) is 5.91 Å². The van der Waals surface area contributed by atoms with E-state index in [1.165, 1.54) is 0 Å². The van der Waals surface area contributed by atoms with E-state index in [1.807, 2.05) is 32.9 Å². The average Bonchev–Trinajstić information content (AvgIpc) is 2.84. The Labute approximate surface area is 140 Å².